The molecule has 0 bridgehead atoms. The van der Waals surface area contributed by atoms with Gasteiger partial charge < -0.3 is 20.3 Å². The van der Waals surface area contributed by atoms with E-state index in [2.05, 4.69) is 15.4 Å². The van der Waals surface area contributed by atoms with E-state index in [-0.39, 0.29) is 31.3 Å². The zero-order valence-corrected chi connectivity index (χ0v) is 25.5. The second-order valence-electron chi connectivity index (χ2n) is 11.7. The van der Waals surface area contributed by atoms with Gasteiger partial charge in [0, 0.05) is 25.1 Å². The Bertz CT molecular complexity index is 1350. The zero-order valence-electron chi connectivity index (χ0n) is 24.7. The van der Waals surface area contributed by atoms with E-state index < -0.39 is 34.1 Å². The zero-order chi connectivity index (χ0) is 30.3. The molecule has 2 aliphatic heterocycles. The van der Waals surface area contributed by atoms with E-state index in [4.69, 9.17) is 4.74 Å². The van der Waals surface area contributed by atoms with E-state index in [0.29, 0.717) is 30.9 Å². The fourth-order valence-electron chi connectivity index (χ4n) is 5.78. The summed E-state index contributed by atoms with van der Waals surface area (Å²) >= 11 is 0. The lowest BCUT2D eigenvalue weighted by molar-refractivity contribution is -0.140. The van der Waals surface area contributed by atoms with Crippen molar-refractivity contribution in [3.63, 3.8) is 0 Å². The Hall–Kier alpha value is -2.80. The molecule has 0 radical (unpaired) electrons. The molecule has 3 atom stereocenters. The van der Waals surface area contributed by atoms with Gasteiger partial charge in [-0.3, -0.25) is 9.59 Å². The highest BCUT2D eigenvalue weighted by molar-refractivity contribution is 7.88. The second-order valence-corrected chi connectivity index (χ2v) is 13.5. The largest absolute Gasteiger partial charge is 0.371 e. The number of carbonyl (C=O) groups is 2. The maximum absolute atomic E-state index is 14.4. The Morgan fingerprint density at radius 2 is 1.95 bits per heavy atom. The van der Waals surface area contributed by atoms with Crippen LogP contribution >= 0.6 is 0 Å². The number of likely N-dealkylation sites (tertiary alicyclic amines) is 1. The standard InChI is InChI=1S/C30H42BFN4O5S/c1-20-4-3-5-22(14-20)17-34-29(37)28-16-25(41-19-23-7-8-24(31)15-26(23)32)18-36(28)30(38)27(35-42(2,39)40)9-6-21-10-12-33-13-11-21/h3-5,7-8,14-15,21,25,27-28,33,35H,6,9-13,16-19,31H2,1-2H3,(H,34,37)/t25-,27-,28+/m1/s1. The number of sulfonamides is 1. The van der Waals surface area contributed by atoms with Crippen molar-refractivity contribution in [3.8, 4) is 0 Å². The molecule has 2 aliphatic rings. The molecule has 2 aromatic carbocycles. The highest BCUT2D eigenvalue weighted by Crippen LogP contribution is 2.26. The molecular weight excluding hydrogens is 558 g/mol. The van der Waals surface area contributed by atoms with E-state index >= 15 is 0 Å². The van der Waals surface area contributed by atoms with E-state index in [1.54, 1.807) is 20.0 Å². The molecule has 2 saturated heterocycles. The van der Waals surface area contributed by atoms with Crippen LogP contribution in [0, 0.1) is 18.7 Å². The summed E-state index contributed by atoms with van der Waals surface area (Å²) in [6.45, 7) is 4.17. The number of hydrogen-bond donors (Lipinski definition) is 3. The Morgan fingerprint density at radius 3 is 2.64 bits per heavy atom. The molecular formula is C30H42BFN4O5S. The summed E-state index contributed by atoms with van der Waals surface area (Å²) in [6.07, 6.45) is 3.72. The number of nitrogens with zero attached hydrogens (tertiary/aromatic N) is 1. The van der Waals surface area contributed by atoms with Crippen LogP contribution in [0.2, 0.25) is 0 Å². The summed E-state index contributed by atoms with van der Waals surface area (Å²) in [4.78, 5) is 28.8. The maximum Gasteiger partial charge on any atom is 0.243 e. The molecule has 228 valence electrons. The van der Waals surface area contributed by atoms with Crippen LogP contribution in [0.1, 0.15) is 48.8 Å². The maximum atomic E-state index is 14.4. The predicted molar refractivity (Wildman–Crippen MR) is 163 cm³/mol. The lowest BCUT2D eigenvalue weighted by Gasteiger charge is -2.30. The summed E-state index contributed by atoms with van der Waals surface area (Å²) in [5.41, 5.74) is 3.19. The lowest BCUT2D eigenvalue weighted by Crippen LogP contribution is -2.53. The van der Waals surface area contributed by atoms with Crippen molar-refractivity contribution >= 4 is 35.1 Å². The van der Waals surface area contributed by atoms with E-state index in [1.807, 2.05) is 31.2 Å². The molecule has 42 heavy (non-hydrogen) atoms. The summed E-state index contributed by atoms with van der Waals surface area (Å²) in [5.74, 6) is -0.759. The molecule has 9 nitrogen and oxygen atoms in total. The number of benzene rings is 2. The molecule has 4 rings (SSSR count). The van der Waals surface area contributed by atoms with Crippen molar-refractivity contribution < 1.29 is 27.1 Å². The third-order valence-electron chi connectivity index (χ3n) is 8.06. The summed E-state index contributed by atoms with van der Waals surface area (Å²) < 4.78 is 47.5. The fraction of sp³-hybridized carbons (Fsp3) is 0.533. The normalized spacial score (nSPS) is 20.4. The molecule has 2 aromatic rings. The van der Waals surface area contributed by atoms with Crippen molar-refractivity contribution in [1.29, 1.82) is 0 Å². The third kappa shape index (κ3) is 9.35. The van der Waals surface area contributed by atoms with Crippen LogP contribution in [0.15, 0.2) is 42.5 Å². The van der Waals surface area contributed by atoms with Gasteiger partial charge in [-0.25, -0.2) is 17.5 Å². The quantitative estimate of drug-likeness (QED) is 0.312. The smallest absolute Gasteiger partial charge is 0.243 e. The van der Waals surface area contributed by atoms with Crippen molar-refractivity contribution in [1.82, 2.24) is 20.3 Å². The van der Waals surface area contributed by atoms with E-state index in [1.165, 1.54) is 11.0 Å². The molecule has 0 aromatic heterocycles. The Kier molecular flexibility index (Phi) is 11.2. The van der Waals surface area contributed by atoms with Crippen molar-refractivity contribution in [2.45, 2.75) is 70.4 Å². The van der Waals surface area contributed by atoms with Crippen LogP contribution in [0.4, 0.5) is 4.39 Å². The minimum Gasteiger partial charge on any atom is -0.371 e. The van der Waals surface area contributed by atoms with E-state index in [0.717, 1.165) is 48.8 Å². The van der Waals surface area contributed by atoms with Gasteiger partial charge in [0.25, 0.3) is 0 Å². The number of carbonyl (C=O) groups excluding carboxylic acids is 2. The van der Waals surface area contributed by atoms with Crippen molar-refractivity contribution in [2.75, 3.05) is 25.9 Å². The SMILES string of the molecule is Bc1ccc(CO[C@@H]2C[C@@H](C(=O)NCc3cccc(C)c3)N(C(=O)[C@@H](CCC3CCNCC3)NS(C)(=O)=O)C2)c(F)c1. The number of rotatable bonds is 12. The van der Waals surface area contributed by atoms with Crippen LogP contribution in [0.25, 0.3) is 0 Å². The Balaban J connectivity index is 1.50. The van der Waals surface area contributed by atoms with Gasteiger partial charge in [-0.2, -0.15) is 0 Å². The topological polar surface area (TPSA) is 117 Å². The minimum absolute atomic E-state index is 0.00280. The number of ether oxygens (including phenoxy) is 1. The van der Waals surface area contributed by atoms with Gasteiger partial charge in [-0.15, -0.1) is 0 Å². The van der Waals surface area contributed by atoms with Crippen LogP contribution in [0.3, 0.4) is 0 Å². The third-order valence-corrected chi connectivity index (χ3v) is 8.77. The molecule has 2 amide bonds. The van der Waals surface area contributed by atoms with Crippen LogP contribution in [0.5, 0.6) is 0 Å². The molecule has 0 unspecified atom stereocenters. The first-order chi connectivity index (χ1) is 20.0. The number of halogens is 1. The average Bonchev–Trinajstić information content (AvgIpc) is 3.37. The lowest BCUT2D eigenvalue weighted by atomic mass is 9.91. The summed E-state index contributed by atoms with van der Waals surface area (Å²) in [7, 11) is -1.88. The average molecular weight is 601 g/mol. The number of nitrogens with one attached hydrogen (secondary N) is 3. The number of aryl methyl sites for hydroxylation is 1. The molecule has 2 fully saturated rings. The molecule has 3 N–H and O–H groups in total. The van der Waals surface area contributed by atoms with Crippen LogP contribution in [-0.4, -0.2) is 77.1 Å². The first-order valence-corrected chi connectivity index (χ1v) is 16.6. The highest BCUT2D eigenvalue weighted by atomic mass is 32.2. The predicted octanol–water partition coefficient (Wildman–Crippen LogP) is 0.893. The number of piperidine rings is 1. The first-order valence-electron chi connectivity index (χ1n) is 14.7. The van der Waals surface area contributed by atoms with E-state index in [9.17, 15) is 22.4 Å². The van der Waals surface area contributed by atoms with Crippen LogP contribution < -0.4 is 20.8 Å². The second kappa shape index (κ2) is 14.6. The minimum atomic E-state index is -3.69. The summed E-state index contributed by atoms with van der Waals surface area (Å²) in [6, 6.07) is 10.9. The van der Waals surface area contributed by atoms with Gasteiger partial charge >= 0.3 is 0 Å². The van der Waals surface area contributed by atoms with Gasteiger partial charge in [0.1, 0.15) is 25.7 Å². The van der Waals surface area contributed by atoms with Gasteiger partial charge in [0.2, 0.25) is 21.8 Å². The molecule has 0 spiro atoms. The van der Waals surface area contributed by atoms with Crippen molar-refractivity contribution in [2.24, 2.45) is 5.92 Å². The van der Waals surface area contributed by atoms with Crippen LogP contribution in [-0.2, 0) is 37.5 Å². The number of hydrogen-bond acceptors (Lipinski definition) is 6. The van der Waals surface area contributed by atoms with Gasteiger partial charge in [-0.1, -0.05) is 47.4 Å². The Morgan fingerprint density at radius 1 is 1.19 bits per heavy atom. The van der Waals surface area contributed by atoms with Gasteiger partial charge in [0.15, 0.2) is 0 Å². The molecule has 12 heteroatoms. The summed E-state index contributed by atoms with van der Waals surface area (Å²) in [5, 5.41) is 6.26. The first kappa shape index (κ1) is 32.1. The highest BCUT2D eigenvalue weighted by Gasteiger charge is 2.42. The number of amides is 2. The fourth-order valence-corrected chi connectivity index (χ4v) is 6.52. The molecule has 0 aliphatic carbocycles. The molecule has 2 heterocycles. The van der Waals surface area contributed by atoms with Gasteiger partial charge in [0.05, 0.1) is 19.0 Å². The Labute approximate surface area is 249 Å². The monoisotopic (exact) mass is 600 g/mol. The van der Waals surface area contributed by atoms with Crippen molar-refractivity contribution in [3.05, 3.63) is 65.0 Å². The molecule has 0 saturated carbocycles. The van der Waals surface area contributed by atoms with Gasteiger partial charge in [-0.05, 0) is 63.2 Å².